The lowest BCUT2D eigenvalue weighted by Crippen LogP contribution is -2.47. The number of nitrogens with zero attached hydrogens (tertiary/aromatic N) is 1. The molecule has 0 aliphatic carbocycles. The van der Waals surface area contributed by atoms with Crippen molar-refractivity contribution in [3.8, 4) is 0 Å². The Bertz CT molecular complexity index is 490. The highest BCUT2D eigenvalue weighted by Crippen LogP contribution is 2.36. The van der Waals surface area contributed by atoms with Crippen LogP contribution in [0.4, 0.5) is 0 Å². The Labute approximate surface area is 125 Å². The number of esters is 1. The maximum atomic E-state index is 12.4. The fraction of sp³-hybridized carbons (Fsp3) is 0.588. The molecule has 0 radical (unpaired) electrons. The molecule has 4 atom stereocenters. The van der Waals surface area contributed by atoms with Gasteiger partial charge < -0.3 is 9.84 Å². The summed E-state index contributed by atoms with van der Waals surface area (Å²) in [6, 6.07) is 10.4. The van der Waals surface area contributed by atoms with E-state index in [-0.39, 0.29) is 18.7 Å². The van der Waals surface area contributed by atoms with E-state index in [2.05, 4.69) is 11.9 Å². The van der Waals surface area contributed by atoms with E-state index < -0.39 is 5.92 Å². The van der Waals surface area contributed by atoms with Crippen LogP contribution in [-0.4, -0.2) is 47.8 Å². The van der Waals surface area contributed by atoms with Gasteiger partial charge in [-0.25, -0.2) is 0 Å². The van der Waals surface area contributed by atoms with E-state index in [0.29, 0.717) is 12.1 Å². The largest absolute Gasteiger partial charge is 0.460 e. The highest BCUT2D eigenvalue weighted by Gasteiger charge is 2.42. The molecule has 0 amide bonds. The molecule has 2 aliphatic rings. The first kappa shape index (κ1) is 14.5. The predicted molar refractivity (Wildman–Crippen MR) is 80.0 cm³/mol. The van der Waals surface area contributed by atoms with Gasteiger partial charge in [0.1, 0.15) is 12.0 Å². The molecule has 114 valence electrons. The van der Waals surface area contributed by atoms with Gasteiger partial charge in [0.15, 0.2) is 0 Å². The standard InChI is InChI=1S/C17H23NO3/c1-18-13-7-9-15(18)16(10-8-13)21-17(20)14(11-19)12-5-3-2-4-6-12/h2-6,13-16,19H,7-11H2,1H3/t13-,14-,15-,16+/m1/s1. The summed E-state index contributed by atoms with van der Waals surface area (Å²) in [6.45, 7) is -0.210. The summed E-state index contributed by atoms with van der Waals surface area (Å²) in [4.78, 5) is 14.8. The lowest BCUT2D eigenvalue weighted by Gasteiger charge is -2.37. The lowest BCUT2D eigenvalue weighted by molar-refractivity contribution is -0.157. The smallest absolute Gasteiger partial charge is 0.316 e. The van der Waals surface area contributed by atoms with Crippen LogP contribution in [-0.2, 0) is 9.53 Å². The first-order valence-electron chi connectivity index (χ1n) is 7.79. The van der Waals surface area contributed by atoms with Crippen LogP contribution in [0.1, 0.15) is 37.2 Å². The molecule has 4 nitrogen and oxygen atoms in total. The molecule has 2 aliphatic heterocycles. The molecule has 2 bridgehead atoms. The van der Waals surface area contributed by atoms with Crippen molar-refractivity contribution in [2.24, 2.45) is 0 Å². The molecular weight excluding hydrogens is 266 g/mol. The zero-order chi connectivity index (χ0) is 14.8. The molecule has 0 aromatic heterocycles. The molecule has 21 heavy (non-hydrogen) atoms. The Hall–Kier alpha value is -1.39. The van der Waals surface area contributed by atoms with Crippen LogP contribution in [0.5, 0.6) is 0 Å². The molecule has 2 fully saturated rings. The molecule has 4 heteroatoms. The number of hydrogen-bond acceptors (Lipinski definition) is 4. The Balaban J connectivity index is 1.68. The molecule has 1 aromatic carbocycles. The maximum absolute atomic E-state index is 12.4. The van der Waals surface area contributed by atoms with Gasteiger partial charge in [-0.15, -0.1) is 0 Å². The highest BCUT2D eigenvalue weighted by atomic mass is 16.5. The number of fused-ring (bicyclic) bond motifs is 2. The number of carbonyl (C=O) groups is 1. The quantitative estimate of drug-likeness (QED) is 0.861. The monoisotopic (exact) mass is 289 g/mol. The number of carbonyl (C=O) groups excluding carboxylic acids is 1. The minimum atomic E-state index is -0.573. The van der Waals surface area contributed by atoms with E-state index in [1.165, 1.54) is 6.42 Å². The molecule has 1 aromatic rings. The molecule has 0 spiro atoms. The SMILES string of the molecule is CN1[C@H]2CC[C@H](OC(=O)[C@H](CO)c3ccccc3)[C@H]1CC2. The van der Waals surface area contributed by atoms with Crippen molar-refractivity contribution in [1.29, 1.82) is 0 Å². The van der Waals surface area contributed by atoms with Gasteiger partial charge in [0.2, 0.25) is 0 Å². The third kappa shape index (κ3) is 2.83. The number of aliphatic hydroxyl groups excluding tert-OH is 1. The minimum Gasteiger partial charge on any atom is -0.460 e. The van der Waals surface area contributed by atoms with E-state index in [4.69, 9.17) is 4.74 Å². The van der Waals surface area contributed by atoms with Gasteiger partial charge in [-0.05, 0) is 38.3 Å². The van der Waals surface area contributed by atoms with E-state index in [1.807, 2.05) is 30.3 Å². The van der Waals surface area contributed by atoms with E-state index in [9.17, 15) is 9.90 Å². The van der Waals surface area contributed by atoms with Gasteiger partial charge >= 0.3 is 5.97 Å². The number of ether oxygens (including phenoxy) is 1. The Morgan fingerprint density at radius 2 is 2.00 bits per heavy atom. The van der Waals surface area contributed by atoms with E-state index in [1.54, 1.807) is 0 Å². The normalized spacial score (nSPS) is 30.1. The Morgan fingerprint density at radius 1 is 1.29 bits per heavy atom. The number of likely N-dealkylation sites (N-methyl/N-ethyl adjacent to an activating group) is 1. The zero-order valence-electron chi connectivity index (χ0n) is 12.4. The van der Waals surface area contributed by atoms with Crippen LogP contribution in [0, 0.1) is 0 Å². The van der Waals surface area contributed by atoms with Crippen molar-refractivity contribution >= 4 is 5.97 Å². The highest BCUT2D eigenvalue weighted by molar-refractivity contribution is 5.78. The number of piperidine rings is 1. The number of aliphatic hydroxyl groups is 1. The number of rotatable bonds is 4. The molecule has 2 saturated heterocycles. The summed E-state index contributed by atoms with van der Waals surface area (Å²) in [7, 11) is 2.13. The summed E-state index contributed by atoms with van der Waals surface area (Å²) in [5.74, 6) is -0.872. The first-order valence-corrected chi connectivity index (χ1v) is 7.79. The first-order chi connectivity index (χ1) is 10.2. The maximum Gasteiger partial charge on any atom is 0.316 e. The summed E-state index contributed by atoms with van der Waals surface area (Å²) >= 11 is 0. The third-order valence-electron chi connectivity index (χ3n) is 5.04. The van der Waals surface area contributed by atoms with Crippen LogP contribution < -0.4 is 0 Å². The van der Waals surface area contributed by atoms with Crippen molar-refractivity contribution in [3.05, 3.63) is 35.9 Å². The van der Waals surface area contributed by atoms with E-state index >= 15 is 0 Å². The summed E-state index contributed by atoms with van der Waals surface area (Å²) < 4.78 is 5.76. The molecule has 0 saturated carbocycles. The van der Waals surface area contributed by atoms with Gasteiger partial charge in [0.05, 0.1) is 6.61 Å². The average molecular weight is 289 g/mol. The predicted octanol–water partition coefficient (Wildman–Crippen LogP) is 1.93. The average Bonchev–Trinajstić information content (AvgIpc) is 2.73. The second kappa shape index (κ2) is 6.16. The van der Waals surface area contributed by atoms with Crippen LogP contribution >= 0.6 is 0 Å². The molecule has 3 rings (SSSR count). The second-order valence-electron chi connectivity index (χ2n) is 6.16. The van der Waals surface area contributed by atoms with Gasteiger partial charge in [0.25, 0.3) is 0 Å². The van der Waals surface area contributed by atoms with Crippen LogP contribution in [0.25, 0.3) is 0 Å². The van der Waals surface area contributed by atoms with Gasteiger partial charge in [0, 0.05) is 12.1 Å². The van der Waals surface area contributed by atoms with Crippen molar-refractivity contribution < 1.29 is 14.6 Å². The van der Waals surface area contributed by atoms with Gasteiger partial charge in [-0.3, -0.25) is 9.69 Å². The van der Waals surface area contributed by atoms with Gasteiger partial charge in [-0.2, -0.15) is 0 Å². The summed E-state index contributed by atoms with van der Waals surface area (Å²) in [5.41, 5.74) is 0.818. The Kier molecular flexibility index (Phi) is 4.27. The second-order valence-corrected chi connectivity index (χ2v) is 6.16. The van der Waals surface area contributed by atoms with Crippen molar-refractivity contribution in [2.45, 2.75) is 49.8 Å². The van der Waals surface area contributed by atoms with Crippen LogP contribution in [0.3, 0.4) is 0 Å². The van der Waals surface area contributed by atoms with Crippen LogP contribution in [0.15, 0.2) is 30.3 Å². The summed E-state index contributed by atoms with van der Waals surface area (Å²) in [5, 5.41) is 9.55. The summed E-state index contributed by atoms with van der Waals surface area (Å²) in [6.07, 6.45) is 4.32. The number of benzene rings is 1. The minimum absolute atomic E-state index is 0.0287. The molecular formula is C17H23NO3. The van der Waals surface area contributed by atoms with Gasteiger partial charge in [-0.1, -0.05) is 30.3 Å². The molecule has 1 N–H and O–H groups in total. The van der Waals surface area contributed by atoms with E-state index in [0.717, 1.165) is 24.8 Å². The molecule has 0 unspecified atom stereocenters. The van der Waals surface area contributed by atoms with Crippen LogP contribution in [0.2, 0.25) is 0 Å². The fourth-order valence-electron chi connectivity index (χ4n) is 3.76. The molecule has 2 heterocycles. The topological polar surface area (TPSA) is 49.8 Å². The lowest BCUT2D eigenvalue weighted by atomic mass is 9.98. The van der Waals surface area contributed by atoms with Crippen molar-refractivity contribution in [3.63, 3.8) is 0 Å². The zero-order valence-corrected chi connectivity index (χ0v) is 12.4. The fourth-order valence-corrected chi connectivity index (χ4v) is 3.76. The third-order valence-corrected chi connectivity index (χ3v) is 5.04. The van der Waals surface area contributed by atoms with Crippen molar-refractivity contribution in [2.75, 3.05) is 13.7 Å². The number of hydrogen-bond donors (Lipinski definition) is 1. The van der Waals surface area contributed by atoms with Crippen molar-refractivity contribution in [1.82, 2.24) is 4.90 Å². The Morgan fingerprint density at radius 3 is 2.71 bits per heavy atom.